The van der Waals surface area contributed by atoms with E-state index >= 15 is 4.39 Å². The summed E-state index contributed by atoms with van der Waals surface area (Å²) in [6.45, 7) is 4.79. The fraction of sp³-hybridized carbons (Fsp3) is 0.481. The average Bonchev–Trinajstić information content (AvgIpc) is 3.51. The van der Waals surface area contributed by atoms with Crippen LogP contribution in [0.15, 0.2) is 40.8 Å². The lowest BCUT2D eigenvalue weighted by Gasteiger charge is -2.32. The molecule has 12 heteroatoms. The van der Waals surface area contributed by atoms with Crippen molar-refractivity contribution in [3.63, 3.8) is 0 Å². The quantitative estimate of drug-likeness (QED) is 0.555. The van der Waals surface area contributed by atoms with Crippen LogP contribution in [0, 0.1) is 17.2 Å². The van der Waals surface area contributed by atoms with Crippen LogP contribution in [-0.4, -0.2) is 57.6 Å². The number of hydrogen-bond acceptors (Lipinski definition) is 10. The summed E-state index contributed by atoms with van der Waals surface area (Å²) in [4.78, 5) is 16.2. The molecule has 6 rings (SSSR count). The van der Waals surface area contributed by atoms with Gasteiger partial charge in [-0.2, -0.15) is 10.4 Å². The maximum absolute atomic E-state index is 15.9. The van der Waals surface area contributed by atoms with Crippen molar-refractivity contribution < 1.29 is 13.9 Å². The fourth-order valence-corrected chi connectivity index (χ4v) is 6.55. The molecule has 0 radical (unpaired) electrons. The Labute approximate surface area is 229 Å². The topological polar surface area (TPSA) is 128 Å². The number of anilines is 1. The van der Waals surface area contributed by atoms with E-state index in [1.807, 2.05) is 17.2 Å². The van der Waals surface area contributed by atoms with E-state index in [2.05, 4.69) is 45.0 Å². The molecule has 10 nitrogen and oxygen atoms in total. The second-order valence-corrected chi connectivity index (χ2v) is 11.6. The van der Waals surface area contributed by atoms with Crippen molar-refractivity contribution in [1.29, 1.82) is 5.26 Å². The van der Waals surface area contributed by atoms with E-state index in [9.17, 15) is 10.1 Å². The van der Waals surface area contributed by atoms with Crippen LogP contribution in [0.2, 0.25) is 0 Å². The van der Waals surface area contributed by atoms with Gasteiger partial charge < -0.3 is 15.4 Å². The molecule has 2 N–H and O–H groups in total. The molecule has 2 aromatic rings. The lowest BCUT2D eigenvalue weighted by molar-refractivity contribution is -0.120. The van der Waals surface area contributed by atoms with Crippen LogP contribution in [0.1, 0.15) is 56.3 Å². The zero-order valence-corrected chi connectivity index (χ0v) is 22.5. The molecule has 5 heterocycles. The first-order valence-electron chi connectivity index (χ1n) is 13.1. The summed E-state index contributed by atoms with van der Waals surface area (Å²) >= 11 is 1.25. The highest BCUT2D eigenvalue weighted by atomic mass is 32.1. The molecule has 3 aliphatic heterocycles. The third kappa shape index (κ3) is 4.92. The minimum absolute atomic E-state index is 0.00443. The SMILES string of the molecule is CC(=O)NC1CCC(F)(c2nnc(-c3cnc(C4C(C)C=C5C=C(C#N)C=NN54)cc3NC3COC3)s2)CC1. The highest BCUT2D eigenvalue weighted by molar-refractivity contribution is 7.14. The summed E-state index contributed by atoms with van der Waals surface area (Å²) in [5.74, 6) is 0.0312. The molecule has 2 atom stereocenters. The zero-order chi connectivity index (χ0) is 27.1. The summed E-state index contributed by atoms with van der Waals surface area (Å²) in [5, 5.41) is 31.7. The van der Waals surface area contributed by atoms with Gasteiger partial charge in [-0.25, -0.2) is 4.39 Å². The lowest BCUT2D eigenvalue weighted by Crippen LogP contribution is -2.40. The van der Waals surface area contributed by atoms with Crippen molar-refractivity contribution >= 4 is 29.1 Å². The van der Waals surface area contributed by atoms with Gasteiger partial charge in [-0.1, -0.05) is 24.3 Å². The third-order valence-electron chi connectivity index (χ3n) is 7.66. The molecule has 2 fully saturated rings. The van der Waals surface area contributed by atoms with E-state index in [-0.39, 0.29) is 30.0 Å². The van der Waals surface area contributed by atoms with Gasteiger partial charge in [0.15, 0.2) is 15.7 Å². The van der Waals surface area contributed by atoms with Crippen LogP contribution in [-0.2, 0) is 15.2 Å². The van der Waals surface area contributed by atoms with Crippen LogP contribution in [0.3, 0.4) is 0 Å². The van der Waals surface area contributed by atoms with Gasteiger partial charge in [0.2, 0.25) is 5.91 Å². The van der Waals surface area contributed by atoms with Gasteiger partial charge in [0.1, 0.15) is 12.1 Å². The Morgan fingerprint density at radius 3 is 2.77 bits per heavy atom. The molecule has 202 valence electrons. The van der Waals surface area contributed by atoms with Gasteiger partial charge in [-0.3, -0.25) is 14.8 Å². The highest BCUT2D eigenvalue weighted by Crippen LogP contribution is 2.45. The molecule has 1 saturated carbocycles. The number of allylic oxidation sites excluding steroid dienone is 2. The monoisotopic (exact) mass is 548 g/mol. The number of nitrogens with one attached hydrogen (secondary N) is 2. The van der Waals surface area contributed by atoms with E-state index in [4.69, 9.17) is 9.72 Å². The van der Waals surface area contributed by atoms with E-state index in [0.29, 0.717) is 54.5 Å². The van der Waals surface area contributed by atoms with Gasteiger partial charge in [0.05, 0.1) is 48.0 Å². The number of aromatic nitrogens is 3. The molecule has 1 saturated heterocycles. The minimum Gasteiger partial charge on any atom is -0.377 e. The molecular formula is C27H29FN8O2S. The number of ether oxygens (including phenoxy) is 1. The number of alkyl halides is 1. The summed E-state index contributed by atoms with van der Waals surface area (Å²) in [7, 11) is 0. The lowest BCUT2D eigenvalue weighted by atomic mass is 9.84. The maximum Gasteiger partial charge on any atom is 0.217 e. The van der Waals surface area contributed by atoms with Gasteiger partial charge in [-0.05, 0) is 37.8 Å². The number of carbonyl (C=O) groups excluding carboxylic acids is 1. The molecule has 1 aliphatic carbocycles. The van der Waals surface area contributed by atoms with Crippen LogP contribution in [0.4, 0.5) is 10.1 Å². The summed E-state index contributed by atoms with van der Waals surface area (Å²) < 4.78 is 21.3. The van der Waals surface area contributed by atoms with Crippen LogP contribution in [0.5, 0.6) is 0 Å². The number of pyridine rings is 1. The number of rotatable bonds is 6. The first kappa shape index (κ1) is 25.6. The molecule has 2 unspecified atom stereocenters. The van der Waals surface area contributed by atoms with Crippen molar-refractivity contribution in [3.8, 4) is 16.6 Å². The Morgan fingerprint density at radius 2 is 2.08 bits per heavy atom. The molecule has 0 spiro atoms. The van der Waals surface area contributed by atoms with E-state index in [0.717, 1.165) is 22.6 Å². The summed E-state index contributed by atoms with van der Waals surface area (Å²) in [6.07, 6.45) is 8.99. The van der Waals surface area contributed by atoms with Gasteiger partial charge in [-0.15, -0.1) is 10.2 Å². The molecule has 1 amide bonds. The van der Waals surface area contributed by atoms with Crippen LogP contribution < -0.4 is 10.6 Å². The predicted molar refractivity (Wildman–Crippen MR) is 144 cm³/mol. The Morgan fingerprint density at radius 1 is 1.28 bits per heavy atom. The Balaban J connectivity index is 1.27. The summed E-state index contributed by atoms with van der Waals surface area (Å²) in [5.41, 5.74) is 2.27. The average molecular weight is 549 g/mol. The van der Waals surface area contributed by atoms with Crippen molar-refractivity contribution in [3.05, 3.63) is 46.4 Å². The van der Waals surface area contributed by atoms with Crippen molar-refractivity contribution in [2.45, 2.75) is 63.3 Å². The van der Waals surface area contributed by atoms with Gasteiger partial charge in [0.25, 0.3) is 0 Å². The normalized spacial score (nSPS) is 28.2. The molecule has 2 aromatic heterocycles. The molecule has 0 aromatic carbocycles. The van der Waals surface area contributed by atoms with Crippen molar-refractivity contribution in [2.24, 2.45) is 11.0 Å². The third-order valence-corrected chi connectivity index (χ3v) is 8.80. The van der Waals surface area contributed by atoms with Gasteiger partial charge >= 0.3 is 0 Å². The largest absolute Gasteiger partial charge is 0.377 e. The molecular weight excluding hydrogens is 519 g/mol. The number of hydrogen-bond donors (Lipinski definition) is 2. The zero-order valence-electron chi connectivity index (χ0n) is 21.7. The fourth-order valence-electron chi connectivity index (χ4n) is 5.55. The van der Waals surface area contributed by atoms with Crippen LogP contribution >= 0.6 is 11.3 Å². The number of amides is 1. The Kier molecular flexibility index (Phi) is 6.64. The number of halogens is 1. The van der Waals surface area contributed by atoms with E-state index < -0.39 is 5.67 Å². The molecule has 0 bridgehead atoms. The van der Waals surface area contributed by atoms with E-state index in [1.54, 1.807) is 12.4 Å². The first-order valence-corrected chi connectivity index (χ1v) is 14.0. The van der Waals surface area contributed by atoms with E-state index in [1.165, 1.54) is 18.3 Å². The second-order valence-electron chi connectivity index (χ2n) is 10.6. The second kappa shape index (κ2) is 10.1. The summed E-state index contributed by atoms with van der Waals surface area (Å²) in [6, 6.07) is 4.18. The van der Waals surface area contributed by atoms with Crippen molar-refractivity contribution in [1.82, 2.24) is 25.5 Å². The van der Waals surface area contributed by atoms with Crippen molar-refractivity contribution in [2.75, 3.05) is 18.5 Å². The number of nitriles is 1. The first-order chi connectivity index (χ1) is 18.8. The number of fused-ring (bicyclic) bond motifs is 1. The molecule has 4 aliphatic rings. The standard InChI is InChI=1S/C27H29FN8O2S/c1-15-7-20-8-17(10-29)11-31-36(20)24(15)23-9-22(33-19-13-38-14-19)21(12-30-23)25-34-35-26(39-25)27(28)5-3-18(4-6-27)32-16(2)37/h7-9,11-12,15,18-19,24H,3-6,13-14H2,1-2H3,(H,30,33)(H,32,37). The molecule has 39 heavy (non-hydrogen) atoms. The number of nitrogens with zero attached hydrogens (tertiary/aromatic N) is 6. The number of carbonyl (C=O) groups is 1. The maximum atomic E-state index is 15.9. The smallest absolute Gasteiger partial charge is 0.217 e. The Bertz CT molecular complexity index is 1420. The minimum atomic E-state index is -1.56. The number of hydrazone groups is 1. The van der Waals surface area contributed by atoms with Crippen LogP contribution in [0.25, 0.3) is 10.6 Å². The predicted octanol–water partition coefficient (Wildman–Crippen LogP) is 3.98. The highest BCUT2D eigenvalue weighted by Gasteiger charge is 2.41. The van der Waals surface area contributed by atoms with Gasteiger partial charge in [0, 0.05) is 30.8 Å². The Hall–Kier alpha value is -3.69.